The normalized spacial score (nSPS) is 13.1. The topological polar surface area (TPSA) is 64.2 Å². The van der Waals surface area contributed by atoms with E-state index in [4.69, 9.17) is 0 Å². The third kappa shape index (κ3) is 3.35. The predicted octanol–water partition coefficient (Wildman–Crippen LogP) is 2.69. The molecule has 0 spiro atoms. The van der Waals surface area contributed by atoms with Crippen molar-refractivity contribution in [2.45, 2.75) is 46.3 Å². The third-order valence-corrected chi connectivity index (χ3v) is 4.67. The Labute approximate surface area is 138 Å². The molecular weight excluding hydrogens is 310 g/mol. The average molecular weight is 331 g/mol. The molecule has 3 rings (SSSR count). The maximum atomic E-state index is 12.1. The van der Waals surface area contributed by atoms with Gasteiger partial charge in [0.25, 0.3) is 5.56 Å². The molecule has 0 aromatic carbocycles. The molecule has 23 heavy (non-hydrogen) atoms. The van der Waals surface area contributed by atoms with E-state index >= 15 is 0 Å². The van der Waals surface area contributed by atoms with Crippen LogP contribution in [0.2, 0.25) is 0 Å². The minimum atomic E-state index is -0.0311. The molecule has 0 amide bonds. The van der Waals surface area contributed by atoms with E-state index in [-0.39, 0.29) is 11.6 Å². The van der Waals surface area contributed by atoms with Crippen molar-refractivity contribution in [2.75, 3.05) is 0 Å². The molecule has 1 N–H and O–H groups in total. The fraction of sp³-hybridized carbons (Fsp3) is 0.438. The van der Waals surface area contributed by atoms with Crippen LogP contribution < -0.4 is 10.9 Å². The SMILES string of the molecule is Cc1cn2c(=O)cc(CNC(C)c3cnn(C(C)C)c3)nc2s1. The maximum absolute atomic E-state index is 12.1. The molecule has 0 saturated heterocycles. The summed E-state index contributed by atoms with van der Waals surface area (Å²) in [6.45, 7) is 8.82. The minimum absolute atomic E-state index is 0.0311. The standard InChI is InChI=1S/C16H21N5OS/c1-10(2)21-9-13(6-18-21)12(4)17-7-14-5-15(22)20-8-11(3)23-16(20)19-14/h5-6,8-10,12,17H,7H2,1-4H3. The Balaban J connectivity index is 1.73. The second-order valence-corrected chi connectivity index (χ2v) is 7.24. The van der Waals surface area contributed by atoms with Crippen LogP contribution in [-0.4, -0.2) is 19.2 Å². The van der Waals surface area contributed by atoms with Gasteiger partial charge in [0.2, 0.25) is 0 Å². The molecule has 7 heteroatoms. The summed E-state index contributed by atoms with van der Waals surface area (Å²) < 4.78 is 3.54. The van der Waals surface area contributed by atoms with E-state index in [0.29, 0.717) is 12.6 Å². The number of rotatable bonds is 5. The zero-order valence-corrected chi connectivity index (χ0v) is 14.6. The minimum Gasteiger partial charge on any atom is -0.304 e. The van der Waals surface area contributed by atoms with Crippen LogP contribution in [-0.2, 0) is 6.54 Å². The predicted molar refractivity (Wildman–Crippen MR) is 91.9 cm³/mol. The number of nitrogens with zero attached hydrogens (tertiary/aromatic N) is 4. The number of hydrogen-bond acceptors (Lipinski definition) is 5. The second kappa shape index (κ2) is 6.25. The molecular formula is C16H21N5OS. The summed E-state index contributed by atoms with van der Waals surface area (Å²) in [5.74, 6) is 0. The Morgan fingerprint density at radius 3 is 2.78 bits per heavy atom. The number of hydrogen-bond donors (Lipinski definition) is 1. The van der Waals surface area contributed by atoms with Crippen molar-refractivity contribution in [1.29, 1.82) is 0 Å². The Morgan fingerprint density at radius 1 is 1.30 bits per heavy atom. The first-order valence-corrected chi connectivity index (χ1v) is 8.52. The van der Waals surface area contributed by atoms with Crippen molar-refractivity contribution in [3.05, 3.63) is 51.1 Å². The van der Waals surface area contributed by atoms with E-state index in [0.717, 1.165) is 21.1 Å². The van der Waals surface area contributed by atoms with Crippen LogP contribution >= 0.6 is 11.3 Å². The molecule has 122 valence electrons. The first-order valence-electron chi connectivity index (χ1n) is 7.70. The molecule has 0 fully saturated rings. The summed E-state index contributed by atoms with van der Waals surface area (Å²) in [5, 5.41) is 7.77. The van der Waals surface area contributed by atoms with Gasteiger partial charge in [0.05, 0.1) is 11.9 Å². The lowest BCUT2D eigenvalue weighted by Crippen LogP contribution is -2.21. The molecule has 0 bridgehead atoms. The van der Waals surface area contributed by atoms with Gasteiger partial charge in [-0.05, 0) is 27.7 Å². The number of aryl methyl sites for hydroxylation is 1. The van der Waals surface area contributed by atoms with Gasteiger partial charge < -0.3 is 5.32 Å². The van der Waals surface area contributed by atoms with Gasteiger partial charge in [0.1, 0.15) is 0 Å². The van der Waals surface area contributed by atoms with Crippen LogP contribution in [0, 0.1) is 6.92 Å². The highest BCUT2D eigenvalue weighted by atomic mass is 32.1. The van der Waals surface area contributed by atoms with Crippen LogP contribution in [0.15, 0.2) is 29.5 Å². The van der Waals surface area contributed by atoms with Crippen molar-refractivity contribution in [3.8, 4) is 0 Å². The van der Waals surface area contributed by atoms with Crippen LogP contribution in [0.1, 0.15) is 49.0 Å². The molecule has 0 aliphatic carbocycles. The summed E-state index contributed by atoms with van der Waals surface area (Å²) in [7, 11) is 0. The first kappa shape index (κ1) is 15.9. The second-order valence-electron chi connectivity index (χ2n) is 6.03. The van der Waals surface area contributed by atoms with Gasteiger partial charge in [0, 0.05) is 47.5 Å². The highest BCUT2D eigenvalue weighted by molar-refractivity contribution is 7.16. The zero-order valence-electron chi connectivity index (χ0n) is 13.8. The van der Waals surface area contributed by atoms with Gasteiger partial charge >= 0.3 is 0 Å². The zero-order chi connectivity index (χ0) is 16.6. The molecule has 0 aliphatic heterocycles. The summed E-state index contributed by atoms with van der Waals surface area (Å²) in [4.78, 5) is 18.5. The summed E-state index contributed by atoms with van der Waals surface area (Å²) >= 11 is 1.53. The number of nitrogens with one attached hydrogen (secondary N) is 1. The van der Waals surface area contributed by atoms with Crippen molar-refractivity contribution in [3.63, 3.8) is 0 Å². The van der Waals surface area contributed by atoms with E-state index in [1.165, 1.54) is 11.3 Å². The molecule has 0 aliphatic rings. The number of aromatic nitrogens is 4. The van der Waals surface area contributed by atoms with E-state index < -0.39 is 0 Å². The first-order chi connectivity index (χ1) is 10.9. The summed E-state index contributed by atoms with van der Waals surface area (Å²) in [6, 6.07) is 2.09. The van der Waals surface area contributed by atoms with Gasteiger partial charge in [-0.15, -0.1) is 11.3 Å². The molecule has 0 radical (unpaired) electrons. The Morgan fingerprint density at radius 2 is 2.09 bits per heavy atom. The van der Waals surface area contributed by atoms with Gasteiger partial charge in [0.15, 0.2) is 4.96 Å². The lowest BCUT2D eigenvalue weighted by atomic mass is 10.2. The van der Waals surface area contributed by atoms with Crippen molar-refractivity contribution < 1.29 is 0 Å². The monoisotopic (exact) mass is 331 g/mol. The molecule has 1 unspecified atom stereocenters. The van der Waals surface area contributed by atoms with Crippen LogP contribution in [0.5, 0.6) is 0 Å². The number of thiazole rings is 1. The van der Waals surface area contributed by atoms with Gasteiger partial charge in [-0.1, -0.05) is 0 Å². The van der Waals surface area contributed by atoms with E-state index in [9.17, 15) is 4.79 Å². The largest absolute Gasteiger partial charge is 0.304 e. The Hall–Kier alpha value is -1.99. The Kier molecular flexibility index (Phi) is 4.32. The molecule has 3 aromatic rings. The van der Waals surface area contributed by atoms with Gasteiger partial charge in [-0.3, -0.25) is 13.9 Å². The lowest BCUT2D eigenvalue weighted by Gasteiger charge is -2.11. The fourth-order valence-corrected chi connectivity index (χ4v) is 3.23. The summed E-state index contributed by atoms with van der Waals surface area (Å²) in [5.41, 5.74) is 1.86. The van der Waals surface area contributed by atoms with Crippen LogP contribution in [0.25, 0.3) is 4.96 Å². The fourth-order valence-electron chi connectivity index (χ4n) is 2.38. The molecule has 1 atom stereocenters. The van der Waals surface area contributed by atoms with E-state index in [1.54, 1.807) is 10.5 Å². The quantitative estimate of drug-likeness (QED) is 0.781. The third-order valence-electron chi connectivity index (χ3n) is 3.78. The van der Waals surface area contributed by atoms with Gasteiger partial charge in [-0.25, -0.2) is 4.98 Å². The molecule has 3 aromatic heterocycles. The maximum Gasteiger partial charge on any atom is 0.258 e. The van der Waals surface area contributed by atoms with Crippen LogP contribution in [0.4, 0.5) is 0 Å². The smallest absolute Gasteiger partial charge is 0.258 e. The number of fused-ring (bicyclic) bond motifs is 1. The van der Waals surface area contributed by atoms with Crippen molar-refractivity contribution in [1.82, 2.24) is 24.5 Å². The summed E-state index contributed by atoms with van der Waals surface area (Å²) in [6.07, 6.45) is 5.76. The van der Waals surface area contributed by atoms with E-state index in [1.807, 2.05) is 24.0 Å². The van der Waals surface area contributed by atoms with E-state index in [2.05, 4.69) is 42.4 Å². The van der Waals surface area contributed by atoms with Gasteiger partial charge in [-0.2, -0.15) is 5.10 Å². The highest BCUT2D eigenvalue weighted by Gasteiger charge is 2.11. The average Bonchev–Trinajstić information content (AvgIpc) is 3.11. The molecule has 0 saturated carbocycles. The highest BCUT2D eigenvalue weighted by Crippen LogP contribution is 2.15. The Bertz CT molecular complexity index is 876. The molecule has 3 heterocycles. The lowest BCUT2D eigenvalue weighted by molar-refractivity contribution is 0.528. The van der Waals surface area contributed by atoms with Crippen molar-refractivity contribution in [2.24, 2.45) is 0 Å². The molecule has 6 nitrogen and oxygen atoms in total. The van der Waals surface area contributed by atoms with Crippen LogP contribution in [0.3, 0.4) is 0 Å². The van der Waals surface area contributed by atoms with Crippen molar-refractivity contribution >= 4 is 16.3 Å².